The van der Waals surface area contributed by atoms with Crippen LogP contribution in [0.15, 0.2) is 24.3 Å². The molecule has 0 saturated carbocycles. The Hall–Kier alpha value is 0.223. The van der Waals surface area contributed by atoms with Gasteiger partial charge in [0.15, 0.2) is 0 Å². The second-order valence-electron chi connectivity index (χ2n) is 2.35. The first-order valence-electron chi connectivity index (χ1n) is 4.06. The van der Waals surface area contributed by atoms with E-state index in [9.17, 15) is 0 Å². The predicted molar refractivity (Wildman–Crippen MR) is 54.1 cm³/mol. The molecule has 0 amide bonds. The molecule has 0 heterocycles. The molecular formula is C9H12Cl2OZn. The zero-order valence-corrected chi connectivity index (χ0v) is 12.4. The number of halogens is 2. The van der Waals surface area contributed by atoms with Gasteiger partial charge in [0.1, 0.15) is 5.75 Å². The van der Waals surface area contributed by atoms with Crippen LogP contribution in [-0.4, -0.2) is 6.61 Å². The summed E-state index contributed by atoms with van der Waals surface area (Å²) in [5, 5.41) is 0. The first-order valence-corrected chi connectivity index (χ1v) is 11.9. The van der Waals surface area contributed by atoms with Gasteiger partial charge in [-0.3, -0.25) is 0 Å². The maximum absolute atomic E-state index is 5.26. The summed E-state index contributed by atoms with van der Waals surface area (Å²) in [5.74, 6) is 0.952. The van der Waals surface area contributed by atoms with Crippen LogP contribution in [-0.2, 0) is 15.1 Å². The van der Waals surface area contributed by atoms with Crippen LogP contribution in [0.25, 0.3) is 0 Å². The van der Waals surface area contributed by atoms with E-state index in [-0.39, 0.29) is 0 Å². The van der Waals surface area contributed by atoms with E-state index >= 15 is 0 Å². The van der Waals surface area contributed by atoms with E-state index in [1.165, 1.54) is 5.56 Å². The van der Waals surface area contributed by atoms with Crippen molar-refractivity contribution in [2.45, 2.75) is 13.8 Å². The minimum atomic E-state index is -0.931. The fourth-order valence-electron chi connectivity index (χ4n) is 0.801. The van der Waals surface area contributed by atoms with Crippen molar-refractivity contribution >= 4 is 19.4 Å². The molecule has 0 aromatic heterocycles. The van der Waals surface area contributed by atoms with Crippen molar-refractivity contribution in [1.29, 1.82) is 0 Å². The van der Waals surface area contributed by atoms with Crippen molar-refractivity contribution in [2.75, 3.05) is 6.61 Å². The van der Waals surface area contributed by atoms with Gasteiger partial charge in [-0.05, 0) is 26.0 Å². The predicted octanol–water partition coefficient (Wildman–Crippen LogP) is 3.77. The third-order valence-corrected chi connectivity index (χ3v) is 1.33. The van der Waals surface area contributed by atoms with Crippen LogP contribution in [0.1, 0.15) is 12.5 Å². The Bertz CT molecular complexity index is 213. The molecule has 0 aliphatic rings. The molecule has 1 rings (SSSR count). The SMILES string of the molecule is CCOc1ccc(C)cc1.[Cl][Zn][Cl]. The van der Waals surface area contributed by atoms with E-state index in [0.717, 1.165) is 12.4 Å². The van der Waals surface area contributed by atoms with Crippen molar-refractivity contribution in [3.63, 3.8) is 0 Å². The first kappa shape index (κ1) is 13.2. The summed E-state index contributed by atoms with van der Waals surface area (Å²) in [6, 6.07) is 8.06. The maximum atomic E-state index is 5.26. The minimum absolute atomic E-state index is 0.739. The van der Waals surface area contributed by atoms with E-state index in [4.69, 9.17) is 24.1 Å². The molecule has 1 nitrogen and oxygen atoms in total. The van der Waals surface area contributed by atoms with Gasteiger partial charge in [-0.15, -0.1) is 0 Å². The summed E-state index contributed by atoms with van der Waals surface area (Å²) in [4.78, 5) is 0. The molecule has 0 aliphatic heterocycles. The third-order valence-electron chi connectivity index (χ3n) is 1.33. The number of rotatable bonds is 2. The zero-order chi connectivity index (χ0) is 10.1. The standard InChI is InChI=1S/C9H12O.2ClH.Zn/c1-3-10-9-6-4-8(2)5-7-9;;;/h4-7H,3H2,1-2H3;2*1H;/q;;;+2/p-2. The van der Waals surface area contributed by atoms with Gasteiger partial charge >= 0.3 is 34.5 Å². The third kappa shape index (κ3) is 7.31. The van der Waals surface area contributed by atoms with Crippen molar-refractivity contribution in [1.82, 2.24) is 0 Å². The summed E-state index contributed by atoms with van der Waals surface area (Å²) in [5.41, 5.74) is 1.27. The molecule has 1 aromatic carbocycles. The molecule has 0 N–H and O–H groups in total. The average Bonchev–Trinajstić information content (AvgIpc) is 2.11. The molecule has 0 atom stereocenters. The van der Waals surface area contributed by atoms with Crippen LogP contribution < -0.4 is 4.74 Å². The van der Waals surface area contributed by atoms with Gasteiger partial charge in [0.2, 0.25) is 0 Å². The van der Waals surface area contributed by atoms with Gasteiger partial charge in [-0.25, -0.2) is 0 Å². The number of hydrogen-bond donors (Lipinski definition) is 0. The molecule has 0 radical (unpaired) electrons. The number of benzene rings is 1. The molecule has 0 spiro atoms. The first-order chi connectivity index (χ1) is 6.24. The molecule has 0 saturated heterocycles. The van der Waals surface area contributed by atoms with Gasteiger partial charge in [-0.2, -0.15) is 0 Å². The van der Waals surface area contributed by atoms with Gasteiger partial charge in [0, 0.05) is 0 Å². The van der Waals surface area contributed by atoms with Gasteiger partial charge in [-0.1, -0.05) is 17.7 Å². The molecule has 0 aliphatic carbocycles. The second-order valence-corrected chi connectivity index (χ2v) is 6.97. The van der Waals surface area contributed by atoms with Crippen LogP contribution in [0.3, 0.4) is 0 Å². The van der Waals surface area contributed by atoms with Gasteiger partial charge in [0.25, 0.3) is 0 Å². The Labute approximate surface area is 95.1 Å². The Kier molecular flexibility index (Phi) is 8.96. The van der Waals surface area contributed by atoms with Crippen LogP contribution in [0.4, 0.5) is 0 Å². The zero-order valence-electron chi connectivity index (χ0n) is 7.89. The average molecular weight is 272 g/mol. The fraction of sp³-hybridized carbons (Fsp3) is 0.333. The van der Waals surface area contributed by atoms with Crippen LogP contribution in [0, 0.1) is 6.92 Å². The molecule has 0 unspecified atom stereocenters. The van der Waals surface area contributed by atoms with E-state index < -0.39 is 15.1 Å². The van der Waals surface area contributed by atoms with Crippen LogP contribution >= 0.6 is 19.4 Å². The summed E-state index contributed by atoms with van der Waals surface area (Å²) >= 11 is -0.931. The van der Waals surface area contributed by atoms with Crippen LogP contribution in [0.5, 0.6) is 5.75 Å². The molecule has 0 bridgehead atoms. The molecule has 4 heteroatoms. The molecule has 13 heavy (non-hydrogen) atoms. The van der Waals surface area contributed by atoms with Gasteiger partial charge < -0.3 is 4.74 Å². The summed E-state index contributed by atoms with van der Waals surface area (Å²) in [7, 11) is 9.90. The normalized spacial score (nSPS) is 8.00. The molecule has 0 fully saturated rings. The summed E-state index contributed by atoms with van der Waals surface area (Å²) in [6.07, 6.45) is 0. The number of hydrogen-bond acceptors (Lipinski definition) is 1. The molecule has 1 aromatic rings. The Morgan fingerprint density at radius 2 is 1.69 bits per heavy atom. The summed E-state index contributed by atoms with van der Waals surface area (Å²) in [6.45, 7) is 4.79. The Balaban J connectivity index is 0.000000424. The van der Waals surface area contributed by atoms with Crippen LogP contribution in [0.2, 0.25) is 0 Å². The van der Waals surface area contributed by atoms with Crippen molar-refractivity contribution < 1.29 is 19.9 Å². The number of aryl methyl sites for hydroxylation is 1. The van der Waals surface area contributed by atoms with Crippen molar-refractivity contribution in [3.05, 3.63) is 29.8 Å². The second kappa shape index (κ2) is 8.81. The molecule has 70 valence electrons. The van der Waals surface area contributed by atoms with E-state index in [1.807, 2.05) is 31.2 Å². The monoisotopic (exact) mass is 270 g/mol. The summed E-state index contributed by atoms with van der Waals surface area (Å²) < 4.78 is 5.26. The quantitative estimate of drug-likeness (QED) is 0.745. The molecular weight excluding hydrogens is 260 g/mol. The van der Waals surface area contributed by atoms with E-state index in [0.29, 0.717) is 0 Å². The van der Waals surface area contributed by atoms with Crippen molar-refractivity contribution in [3.8, 4) is 5.75 Å². The van der Waals surface area contributed by atoms with Crippen molar-refractivity contribution in [2.24, 2.45) is 0 Å². The number of ether oxygens (including phenoxy) is 1. The van der Waals surface area contributed by atoms with E-state index in [2.05, 4.69) is 6.92 Å². The van der Waals surface area contributed by atoms with E-state index in [1.54, 1.807) is 0 Å². The Morgan fingerprint density at radius 3 is 2.08 bits per heavy atom. The Morgan fingerprint density at radius 1 is 1.23 bits per heavy atom. The fourth-order valence-corrected chi connectivity index (χ4v) is 0.801. The van der Waals surface area contributed by atoms with Gasteiger partial charge in [0.05, 0.1) is 6.61 Å². The topological polar surface area (TPSA) is 9.23 Å².